The second-order valence-corrected chi connectivity index (χ2v) is 5.44. The van der Waals surface area contributed by atoms with Gasteiger partial charge in [0, 0.05) is 24.0 Å². The molecule has 2 aliphatic rings. The van der Waals surface area contributed by atoms with Gasteiger partial charge in [-0.15, -0.1) is 5.10 Å². The first kappa shape index (κ1) is 10.6. The molecule has 0 radical (unpaired) electrons. The SMILES string of the molecule is c1snnc1CNC1CCN2CCCC2C1. The van der Waals surface area contributed by atoms with E-state index < -0.39 is 0 Å². The number of piperidine rings is 1. The highest BCUT2D eigenvalue weighted by molar-refractivity contribution is 7.03. The van der Waals surface area contributed by atoms with E-state index in [0.29, 0.717) is 6.04 Å². The molecule has 3 heterocycles. The molecule has 2 atom stereocenters. The van der Waals surface area contributed by atoms with Crippen LogP contribution in [-0.4, -0.2) is 39.7 Å². The van der Waals surface area contributed by atoms with Crippen LogP contribution in [0.15, 0.2) is 5.38 Å². The summed E-state index contributed by atoms with van der Waals surface area (Å²) in [5.74, 6) is 0. The number of hydrogen-bond donors (Lipinski definition) is 1. The molecule has 1 aromatic rings. The molecule has 2 unspecified atom stereocenters. The summed E-state index contributed by atoms with van der Waals surface area (Å²) < 4.78 is 3.88. The van der Waals surface area contributed by atoms with Gasteiger partial charge < -0.3 is 10.2 Å². The molecule has 0 amide bonds. The molecule has 3 rings (SSSR count). The lowest BCUT2D eigenvalue weighted by molar-refractivity contribution is 0.166. The van der Waals surface area contributed by atoms with Crippen LogP contribution in [0.3, 0.4) is 0 Å². The lowest BCUT2D eigenvalue weighted by Gasteiger charge is -2.35. The van der Waals surface area contributed by atoms with E-state index in [0.717, 1.165) is 18.3 Å². The maximum atomic E-state index is 4.06. The van der Waals surface area contributed by atoms with Gasteiger partial charge >= 0.3 is 0 Å². The van der Waals surface area contributed by atoms with Crippen molar-refractivity contribution in [2.24, 2.45) is 0 Å². The summed E-state index contributed by atoms with van der Waals surface area (Å²) in [5, 5.41) is 9.70. The Hall–Kier alpha value is -0.520. The minimum Gasteiger partial charge on any atom is -0.308 e. The average Bonchev–Trinajstić information content (AvgIpc) is 2.97. The van der Waals surface area contributed by atoms with E-state index in [1.807, 2.05) is 5.38 Å². The van der Waals surface area contributed by atoms with E-state index in [1.165, 1.54) is 50.3 Å². The fourth-order valence-corrected chi connectivity index (χ4v) is 3.37. The third-order valence-corrected chi connectivity index (χ3v) is 4.35. The molecule has 2 saturated heterocycles. The first-order valence-corrected chi connectivity index (χ1v) is 6.99. The third kappa shape index (κ3) is 2.26. The molecule has 0 bridgehead atoms. The summed E-state index contributed by atoms with van der Waals surface area (Å²) in [5.41, 5.74) is 1.08. The molecule has 88 valence electrons. The van der Waals surface area contributed by atoms with Gasteiger partial charge in [-0.3, -0.25) is 0 Å². The van der Waals surface area contributed by atoms with Gasteiger partial charge in [0.1, 0.15) is 0 Å². The summed E-state index contributed by atoms with van der Waals surface area (Å²) in [7, 11) is 0. The number of fused-ring (bicyclic) bond motifs is 1. The highest BCUT2D eigenvalue weighted by atomic mass is 32.1. The van der Waals surface area contributed by atoms with Gasteiger partial charge in [0.25, 0.3) is 0 Å². The minimum absolute atomic E-state index is 0.682. The van der Waals surface area contributed by atoms with Crippen molar-refractivity contribution >= 4 is 11.5 Å². The second-order valence-electron chi connectivity index (χ2n) is 4.83. The smallest absolute Gasteiger partial charge is 0.0893 e. The van der Waals surface area contributed by atoms with Crippen molar-refractivity contribution in [3.63, 3.8) is 0 Å². The van der Waals surface area contributed by atoms with Crippen LogP contribution in [0.1, 0.15) is 31.4 Å². The lowest BCUT2D eigenvalue weighted by atomic mass is 9.97. The minimum atomic E-state index is 0.682. The fourth-order valence-electron chi connectivity index (χ4n) is 2.92. The average molecular weight is 238 g/mol. The molecule has 4 nitrogen and oxygen atoms in total. The quantitative estimate of drug-likeness (QED) is 0.860. The predicted molar refractivity (Wildman–Crippen MR) is 64.4 cm³/mol. The Bertz CT molecular complexity index is 327. The summed E-state index contributed by atoms with van der Waals surface area (Å²) in [6, 6.07) is 1.53. The maximum absolute atomic E-state index is 4.06. The maximum Gasteiger partial charge on any atom is 0.0893 e. The Balaban J connectivity index is 1.49. The summed E-state index contributed by atoms with van der Waals surface area (Å²) in [4.78, 5) is 2.66. The first-order valence-electron chi connectivity index (χ1n) is 6.15. The molecule has 5 heteroatoms. The topological polar surface area (TPSA) is 41.1 Å². The molecule has 2 aliphatic heterocycles. The normalized spacial score (nSPS) is 30.5. The molecular weight excluding hydrogens is 220 g/mol. The van der Waals surface area contributed by atoms with Crippen LogP contribution in [0.4, 0.5) is 0 Å². The van der Waals surface area contributed by atoms with Crippen LogP contribution in [0.2, 0.25) is 0 Å². The van der Waals surface area contributed by atoms with Crippen molar-refractivity contribution in [2.45, 2.75) is 44.3 Å². The second kappa shape index (κ2) is 4.77. The summed E-state index contributed by atoms with van der Waals surface area (Å²) in [6.07, 6.45) is 5.40. The van der Waals surface area contributed by atoms with Gasteiger partial charge in [-0.1, -0.05) is 4.49 Å². The fraction of sp³-hybridized carbons (Fsp3) is 0.818. The van der Waals surface area contributed by atoms with Gasteiger partial charge in [0.05, 0.1) is 5.69 Å². The van der Waals surface area contributed by atoms with Crippen molar-refractivity contribution in [1.82, 2.24) is 19.8 Å². The largest absolute Gasteiger partial charge is 0.308 e. The molecule has 0 saturated carbocycles. The highest BCUT2D eigenvalue weighted by Crippen LogP contribution is 2.26. The van der Waals surface area contributed by atoms with E-state index >= 15 is 0 Å². The standard InChI is InChI=1S/C11H18N4S/c1-2-11-6-9(3-5-15(11)4-1)12-7-10-8-16-14-13-10/h8-9,11-12H,1-7H2. The molecule has 1 N–H and O–H groups in total. The van der Waals surface area contributed by atoms with Crippen LogP contribution in [0, 0.1) is 0 Å². The monoisotopic (exact) mass is 238 g/mol. The van der Waals surface area contributed by atoms with Gasteiger partial charge in [-0.25, -0.2) is 0 Å². The zero-order valence-electron chi connectivity index (χ0n) is 9.43. The predicted octanol–water partition coefficient (Wildman–Crippen LogP) is 1.25. The molecule has 0 aliphatic carbocycles. The van der Waals surface area contributed by atoms with Crippen LogP contribution in [0.5, 0.6) is 0 Å². The van der Waals surface area contributed by atoms with E-state index in [2.05, 4.69) is 19.8 Å². The lowest BCUT2D eigenvalue weighted by Crippen LogP contribution is -2.45. The van der Waals surface area contributed by atoms with E-state index in [1.54, 1.807) is 0 Å². The van der Waals surface area contributed by atoms with E-state index in [9.17, 15) is 0 Å². The van der Waals surface area contributed by atoms with Crippen molar-refractivity contribution in [2.75, 3.05) is 13.1 Å². The number of aromatic nitrogens is 2. The van der Waals surface area contributed by atoms with Crippen molar-refractivity contribution in [3.8, 4) is 0 Å². The van der Waals surface area contributed by atoms with Gasteiger partial charge in [0.2, 0.25) is 0 Å². The van der Waals surface area contributed by atoms with Crippen molar-refractivity contribution in [3.05, 3.63) is 11.1 Å². The number of nitrogens with one attached hydrogen (secondary N) is 1. The van der Waals surface area contributed by atoms with Gasteiger partial charge in [-0.2, -0.15) is 0 Å². The summed E-state index contributed by atoms with van der Waals surface area (Å²) >= 11 is 1.43. The van der Waals surface area contributed by atoms with Crippen LogP contribution >= 0.6 is 11.5 Å². The van der Waals surface area contributed by atoms with E-state index in [4.69, 9.17) is 0 Å². The molecule has 1 aromatic heterocycles. The van der Waals surface area contributed by atoms with E-state index in [-0.39, 0.29) is 0 Å². The first-order chi connectivity index (χ1) is 7.92. The zero-order valence-corrected chi connectivity index (χ0v) is 10.2. The van der Waals surface area contributed by atoms with Crippen LogP contribution in [-0.2, 0) is 6.54 Å². The Morgan fingerprint density at radius 2 is 2.44 bits per heavy atom. The van der Waals surface area contributed by atoms with Crippen LogP contribution in [0.25, 0.3) is 0 Å². The zero-order chi connectivity index (χ0) is 10.8. The van der Waals surface area contributed by atoms with Crippen LogP contribution < -0.4 is 5.32 Å². The number of nitrogens with zero attached hydrogens (tertiary/aromatic N) is 3. The Morgan fingerprint density at radius 3 is 3.31 bits per heavy atom. The Kier molecular flexibility index (Phi) is 3.17. The summed E-state index contributed by atoms with van der Waals surface area (Å²) in [6.45, 7) is 3.49. The van der Waals surface area contributed by atoms with Gasteiger partial charge in [-0.05, 0) is 50.3 Å². The third-order valence-electron chi connectivity index (χ3n) is 3.80. The number of hydrogen-bond acceptors (Lipinski definition) is 5. The molecule has 16 heavy (non-hydrogen) atoms. The molecule has 2 fully saturated rings. The van der Waals surface area contributed by atoms with Crippen molar-refractivity contribution in [1.29, 1.82) is 0 Å². The molecule has 0 spiro atoms. The van der Waals surface area contributed by atoms with Gasteiger partial charge in [0.15, 0.2) is 0 Å². The highest BCUT2D eigenvalue weighted by Gasteiger charge is 2.31. The molecular formula is C11H18N4S. The molecule has 0 aromatic carbocycles. The Labute approximate surface area is 100 Å². The number of rotatable bonds is 3. The Morgan fingerprint density at radius 1 is 1.44 bits per heavy atom. The van der Waals surface area contributed by atoms with Crippen molar-refractivity contribution < 1.29 is 0 Å².